The van der Waals surface area contributed by atoms with Gasteiger partial charge in [0.25, 0.3) is 11.7 Å². The molecule has 1 aliphatic heterocycles. The van der Waals surface area contributed by atoms with Gasteiger partial charge in [-0.25, -0.2) is 4.79 Å². The zero-order valence-electron chi connectivity index (χ0n) is 17.3. The van der Waals surface area contributed by atoms with Crippen molar-refractivity contribution in [3.8, 4) is 5.75 Å². The number of amides is 1. The molecule has 1 saturated heterocycles. The summed E-state index contributed by atoms with van der Waals surface area (Å²) in [6, 6.07) is 14.7. The van der Waals surface area contributed by atoms with Crippen molar-refractivity contribution in [3.05, 3.63) is 89.4 Å². The van der Waals surface area contributed by atoms with Crippen LogP contribution in [0.15, 0.2) is 76.9 Å². The Bertz CT molecular complexity index is 1190. The molecule has 162 valence electrons. The van der Waals surface area contributed by atoms with Crippen molar-refractivity contribution in [2.45, 2.75) is 6.04 Å². The number of aliphatic hydroxyl groups excluding tert-OH is 1. The third-order valence-electron chi connectivity index (χ3n) is 5.19. The van der Waals surface area contributed by atoms with Crippen LogP contribution in [0.4, 0.5) is 5.69 Å². The van der Waals surface area contributed by atoms with E-state index in [0.29, 0.717) is 28.3 Å². The number of furan rings is 1. The van der Waals surface area contributed by atoms with Crippen molar-refractivity contribution in [1.82, 2.24) is 0 Å². The van der Waals surface area contributed by atoms with Gasteiger partial charge in [-0.15, -0.1) is 0 Å². The van der Waals surface area contributed by atoms with Crippen LogP contribution >= 0.6 is 0 Å². The Morgan fingerprint density at radius 1 is 0.969 bits per heavy atom. The number of benzene rings is 2. The third-order valence-corrected chi connectivity index (χ3v) is 5.19. The SMILES string of the molecule is COC(=O)c1ccc(N2C(=O)C(=O)/C(=C(\O)c3ccc(OC)cc3)C2c2ccco2)cc1. The van der Waals surface area contributed by atoms with E-state index in [2.05, 4.69) is 0 Å². The van der Waals surface area contributed by atoms with Crippen molar-refractivity contribution in [2.24, 2.45) is 0 Å². The zero-order chi connectivity index (χ0) is 22.8. The van der Waals surface area contributed by atoms with Gasteiger partial charge < -0.3 is 19.0 Å². The van der Waals surface area contributed by atoms with Crippen LogP contribution in [-0.4, -0.2) is 37.0 Å². The molecular weight excluding hydrogens is 414 g/mol. The predicted molar refractivity (Wildman–Crippen MR) is 114 cm³/mol. The fourth-order valence-electron chi connectivity index (χ4n) is 3.60. The Morgan fingerprint density at radius 2 is 1.62 bits per heavy atom. The fourth-order valence-corrected chi connectivity index (χ4v) is 3.60. The lowest BCUT2D eigenvalue weighted by Gasteiger charge is -2.23. The maximum absolute atomic E-state index is 13.0. The second kappa shape index (κ2) is 8.43. The average molecular weight is 433 g/mol. The van der Waals surface area contributed by atoms with Gasteiger partial charge in [0, 0.05) is 11.3 Å². The highest BCUT2D eigenvalue weighted by Gasteiger charge is 2.48. The number of hydrogen-bond donors (Lipinski definition) is 1. The summed E-state index contributed by atoms with van der Waals surface area (Å²) >= 11 is 0. The maximum Gasteiger partial charge on any atom is 0.337 e. The molecule has 1 amide bonds. The lowest BCUT2D eigenvalue weighted by molar-refractivity contribution is -0.132. The first-order valence-corrected chi connectivity index (χ1v) is 9.63. The van der Waals surface area contributed by atoms with E-state index < -0.39 is 23.7 Å². The van der Waals surface area contributed by atoms with E-state index in [4.69, 9.17) is 13.9 Å². The van der Waals surface area contributed by atoms with Crippen molar-refractivity contribution in [3.63, 3.8) is 0 Å². The summed E-state index contributed by atoms with van der Waals surface area (Å²) in [5, 5.41) is 11.0. The number of esters is 1. The standard InChI is InChI=1S/C24H19NO7/c1-30-17-11-7-14(8-12-17)21(26)19-20(18-4-3-13-32-18)25(23(28)22(19)27)16-9-5-15(6-10-16)24(29)31-2/h3-13,20,26H,1-2H3/b21-19-. The van der Waals surface area contributed by atoms with Crippen LogP contribution in [0.1, 0.15) is 27.7 Å². The second-order valence-corrected chi connectivity index (χ2v) is 6.95. The minimum absolute atomic E-state index is 0.104. The Kier molecular flexibility index (Phi) is 5.51. The highest BCUT2D eigenvalue weighted by atomic mass is 16.5. The molecule has 1 unspecified atom stereocenters. The topological polar surface area (TPSA) is 106 Å². The molecule has 3 aromatic rings. The minimum atomic E-state index is -0.990. The monoisotopic (exact) mass is 433 g/mol. The number of ether oxygens (including phenoxy) is 2. The summed E-state index contributed by atoms with van der Waals surface area (Å²) in [4.78, 5) is 39.0. The lowest BCUT2D eigenvalue weighted by atomic mass is 9.99. The zero-order valence-corrected chi connectivity index (χ0v) is 17.3. The molecule has 8 nitrogen and oxygen atoms in total. The highest BCUT2D eigenvalue weighted by molar-refractivity contribution is 6.51. The van der Waals surface area contributed by atoms with Gasteiger partial charge in [0.2, 0.25) is 0 Å². The molecule has 1 atom stereocenters. The lowest BCUT2D eigenvalue weighted by Crippen LogP contribution is -2.29. The van der Waals surface area contributed by atoms with Crippen LogP contribution in [0, 0.1) is 0 Å². The number of carbonyl (C=O) groups is 3. The van der Waals surface area contributed by atoms with Gasteiger partial charge in [0.05, 0.1) is 31.6 Å². The Morgan fingerprint density at radius 3 is 2.19 bits per heavy atom. The quantitative estimate of drug-likeness (QED) is 0.283. The van der Waals surface area contributed by atoms with Gasteiger partial charge in [-0.3, -0.25) is 14.5 Å². The van der Waals surface area contributed by atoms with Crippen LogP contribution in [0.25, 0.3) is 5.76 Å². The molecule has 8 heteroatoms. The summed E-state index contributed by atoms with van der Waals surface area (Å²) in [6.07, 6.45) is 1.42. The Balaban J connectivity index is 1.83. The molecule has 2 aromatic carbocycles. The van der Waals surface area contributed by atoms with Gasteiger partial charge in [-0.2, -0.15) is 0 Å². The van der Waals surface area contributed by atoms with Gasteiger partial charge in [0.1, 0.15) is 23.3 Å². The highest BCUT2D eigenvalue weighted by Crippen LogP contribution is 2.42. The van der Waals surface area contributed by atoms with E-state index in [-0.39, 0.29) is 11.3 Å². The third kappa shape index (κ3) is 3.51. The van der Waals surface area contributed by atoms with Gasteiger partial charge in [-0.1, -0.05) is 0 Å². The molecule has 2 heterocycles. The summed E-state index contributed by atoms with van der Waals surface area (Å²) in [5.74, 6) is -1.66. The smallest absolute Gasteiger partial charge is 0.337 e. The van der Waals surface area contributed by atoms with Crippen molar-refractivity contribution in [2.75, 3.05) is 19.1 Å². The first kappa shape index (κ1) is 20.9. The predicted octanol–water partition coefficient (Wildman–Crippen LogP) is 3.70. The number of anilines is 1. The summed E-state index contributed by atoms with van der Waals surface area (Å²) in [7, 11) is 2.79. The van der Waals surface area contributed by atoms with Gasteiger partial charge in [-0.05, 0) is 60.7 Å². The largest absolute Gasteiger partial charge is 0.507 e. The number of rotatable bonds is 5. The molecular formula is C24H19NO7. The fraction of sp³-hybridized carbons (Fsp3) is 0.125. The molecule has 0 radical (unpaired) electrons. The summed E-state index contributed by atoms with van der Waals surface area (Å²) < 4.78 is 15.3. The first-order chi connectivity index (χ1) is 15.5. The molecule has 1 N–H and O–H groups in total. The molecule has 1 aromatic heterocycles. The maximum atomic E-state index is 13.0. The molecule has 0 spiro atoms. The van der Waals surface area contributed by atoms with E-state index in [1.807, 2.05) is 0 Å². The molecule has 32 heavy (non-hydrogen) atoms. The first-order valence-electron chi connectivity index (χ1n) is 9.63. The molecule has 0 bridgehead atoms. The van der Waals surface area contributed by atoms with Crippen LogP contribution in [0.3, 0.4) is 0 Å². The summed E-state index contributed by atoms with van der Waals surface area (Å²) in [6.45, 7) is 0. The minimum Gasteiger partial charge on any atom is -0.507 e. The number of methoxy groups -OCH3 is 2. The van der Waals surface area contributed by atoms with Gasteiger partial charge in [0.15, 0.2) is 0 Å². The number of nitrogens with zero attached hydrogens (tertiary/aromatic N) is 1. The van der Waals surface area contributed by atoms with Gasteiger partial charge >= 0.3 is 5.97 Å². The molecule has 0 aliphatic carbocycles. The van der Waals surface area contributed by atoms with Crippen molar-refractivity contribution in [1.29, 1.82) is 0 Å². The Labute approximate surface area is 183 Å². The molecule has 1 aliphatic rings. The van der Waals surface area contributed by atoms with E-state index in [1.165, 1.54) is 49.6 Å². The van der Waals surface area contributed by atoms with Crippen LogP contribution in [0.5, 0.6) is 5.75 Å². The van der Waals surface area contributed by atoms with Crippen LogP contribution in [-0.2, 0) is 14.3 Å². The van der Waals surface area contributed by atoms with E-state index in [1.54, 1.807) is 36.4 Å². The normalized spacial score (nSPS) is 17.4. The number of aliphatic hydroxyl groups is 1. The van der Waals surface area contributed by atoms with Crippen molar-refractivity contribution < 1.29 is 33.4 Å². The summed E-state index contributed by atoms with van der Waals surface area (Å²) in [5.41, 5.74) is 0.893. The molecule has 1 fully saturated rings. The number of Topliss-reactive ketones (excluding diaryl/α,β-unsaturated/α-hetero) is 1. The number of hydrogen-bond acceptors (Lipinski definition) is 7. The number of carbonyl (C=O) groups excluding carboxylic acids is 3. The molecule has 0 saturated carbocycles. The Hall–Kier alpha value is -4.33. The van der Waals surface area contributed by atoms with E-state index >= 15 is 0 Å². The van der Waals surface area contributed by atoms with Crippen LogP contribution in [0.2, 0.25) is 0 Å². The molecule has 4 rings (SSSR count). The van der Waals surface area contributed by atoms with Crippen LogP contribution < -0.4 is 9.64 Å². The van der Waals surface area contributed by atoms with E-state index in [0.717, 1.165) is 0 Å². The second-order valence-electron chi connectivity index (χ2n) is 6.95. The average Bonchev–Trinajstić information content (AvgIpc) is 3.45. The van der Waals surface area contributed by atoms with E-state index in [9.17, 15) is 19.5 Å². The van der Waals surface area contributed by atoms with Crippen molar-refractivity contribution >= 4 is 29.1 Å². The number of ketones is 1.